The molecular weight excluding hydrogens is 370 g/mol. The zero-order valence-electron chi connectivity index (χ0n) is 16.3. The second-order valence-corrected chi connectivity index (χ2v) is 8.00. The van der Waals surface area contributed by atoms with Crippen LogP contribution in [0.2, 0.25) is 5.02 Å². The first kappa shape index (κ1) is 21.3. The van der Waals surface area contributed by atoms with Gasteiger partial charge in [-0.25, -0.2) is 4.79 Å². The SMILES string of the molecule is COc1ccc(NC(=O)CN2CCC(NC(=O)OC(C)(C)C)CC2)cc1Cl. The van der Waals surface area contributed by atoms with Gasteiger partial charge in [0.05, 0.1) is 18.7 Å². The molecule has 1 aliphatic rings. The van der Waals surface area contributed by atoms with E-state index in [9.17, 15) is 9.59 Å². The Morgan fingerprint density at radius 2 is 1.93 bits per heavy atom. The number of methoxy groups -OCH3 is 1. The Bertz CT molecular complexity index is 667. The summed E-state index contributed by atoms with van der Waals surface area (Å²) in [7, 11) is 1.54. The van der Waals surface area contributed by atoms with Crippen LogP contribution >= 0.6 is 11.6 Å². The van der Waals surface area contributed by atoms with Crippen LogP contribution in [-0.2, 0) is 9.53 Å². The highest BCUT2D eigenvalue weighted by Gasteiger charge is 2.24. The Hall–Kier alpha value is -1.99. The summed E-state index contributed by atoms with van der Waals surface area (Å²) in [6.07, 6.45) is 1.16. The summed E-state index contributed by atoms with van der Waals surface area (Å²) in [6.45, 7) is 7.27. The normalized spacial score (nSPS) is 15.9. The van der Waals surface area contributed by atoms with Crippen molar-refractivity contribution in [3.63, 3.8) is 0 Å². The molecule has 0 aliphatic carbocycles. The van der Waals surface area contributed by atoms with E-state index in [0.29, 0.717) is 23.0 Å². The van der Waals surface area contributed by atoms with Gasteiger partial charge in [0.2, 0.25) is 5.91 Å². The van der Waals surface area contributed by atoms with Crippen molar-refractivity contribution >= 4 is 29.3 Å². The highest BCUT2D eigenvalue weighted by Crippen LogP contribution is 2.27. The van der Waals surface area contributed by atoms with Crippen molar-refractivity contribution in [1.82, 2.24) is 10.2 Å². The van der Waals surface area contributed by atoms with Crippen molar-refractivity contribution in [2.24, 2.45) is 0 Å². The minimum atomic E-state index is -0.507. The molecule has 2 N–H and O–H groups in total. The highest BCUT2D eigenvalue weighted by atomic mass is 35.5. The van der Waals surface area contributed by atoms with E-state index >= 15 is 0 Å². The smallest absolute Gasteiger partial charge is 0.407 e. The Morgan fingerprint density at radius 3 is 2.48 bits per heavy atom. The Labute approximate surface area is 165 Å². The van der Waals surface area contributed by atoms with Crippen molar-refractivity contribution in [2.45, 2.75) is 45.3 Å². The van der Waals surface area contributed by atoms with Crippen LogP contribution in [0, 0.1) is 0 Å². The molecule has 0 radical (unpaired) electrons. The molecule has 2 amide bonds. The first-order valence-corrected chi connectivity index (χ1v) is 9.39. The maximum absolute atomic E-state index is 12.2. The fourth-order valence-corrected chi connectivity index (χ4v) is 3.12. The number of anilines is 1. The van der Waals surface area contributed by atoms with Gasteiger partial charge in [0, 0.05) is 24.8 Å². The molecule has 1 aromatic rings. The quantitative estimate of drug-likeness (QED) is 0.797. The lowest BCUT2D eigenvalue weighted by Crippen LogP contribution is -2.47. The molecule has 0 saturated carbocycles. The predicted octanol–water partition coefficient (Wildman–Crippen LogP) is 3.28. The van der Waals surface area contributed by atoms with Crippen LogP contribution in [0.4, 0.5) is 10.5 Å². The summed E-state index contributed by atoms with van der Waals surface area (Å²) in [5, 5.41) is 6.18. The van der Waals surface area contributed by atoms with Gasteiger partial charge in [-0.15, -0.1) is 0 Å². The van der Waals surface area contributed by atoms with Crippen LogP contribution in [0.3, 0.4) is 0 Å². The van der Waals surface area contributed by atoms with E-state index in [1.807, 2.05) is 20.8 Å². The third kappa shape index (κ3) is 7.27. The van der Waals surface area contributed by atoms with Gasteiger partial charge in [0.1, 0.15) is 11.4 Å². The van der Waals surface area contributed by atoms with Gasteiger partial charge in [0.25, 0.3) is 0 Å². The summed E-state index contributed by atoms with van der Waals surface area (Å²) in [5.74, 6) is 0.462. The number of likely N-dealkylation sites (tertiary alicyclic amines) is 1. The van der Waals surface area contributed by atoms with E-state index < -0.39 is 11.7 Å². The number of hydrogen-bond acceptors (Lipinski definition) is 5. The van der Waals surface area contributed by atoms with Crippen LogP contribution in [0.1, 0.15) is 33.6 Å². The van der Waals surface area contributed by atoms with Crippen molar-refractivity contribution in [3.05, 3.63) is 23.2 Å². The summed E-state index contributed by atoms with van der Waals surface area (Å²) in [5.41, 5.74) is 0.125. The molecule has 1 fully saturated rings. The molecule has 1 aliphatic heterocycles. The maximum atomic E-state index is 12.2. The number of benzene rings is 1. The maximum Gasteiger partial charge on any atom is 0.407 e. The number of alkyl carbamates (subject to hydrolysis) is 1. The molecule has 7 nitrogen and oxygen atoms in total. The van der Waals surface area contributed by atoms with Crippen molar-refractivity contribution < 1.29 is 19.1 Å². The number of amides is 2. The molecule has 0 atom stereocenters. The van der Waals surface area contributed by atoms with Crippen molar-refractivity contribution in [3.8, 4) is 5.75 Å². The third-order valence-electron chi connectivity index (χ3n) is 4.11. The van der Waals surface area contributed by atoms with E-state index in [-0.39, 0.29) is 11.9 Å². The van der Waals surface area contributed by atoms with Gasteiger partial charge >= 0.3 is 6.09 Å². The summed E-state index contributed by atoms with van der Waals surface area (Å²) in [6, 6.07) is 5.19. The Balaban J connectivity index is 1.74. The van der Waals surface area contributed by atoms with Crippen LogP contribution in [0.15, 0.2) is 18.2 Å². The van der Waals surface area contributed by atoms with Gasteiger partial charge in [-0.1, -0.05) is 11.6 Å². The topological polar surface area (TPSA) is 79.9 Å². The highest BCUT2D eigenvalue weighted by molar-refractivity contribution is 6.32. The first-order valence-electron chi connectivity index (χ1n) is 9.01. The van der Waals surface area contributed by atoms with Crippen molar-refractivity contribution in [2.75, 3.05) is 32.1 Å². The van der Waals surface area contributed by atoms with Crippen molar-refractivity contribution in [1.29, 1.82) is 0 Å². The number of ether oxygens (including phenoxy) is 2. The number of piperidine rings is 1. The molecule has 0 spiro atoms. The van der Waals surface area contributed by atoms with Crippen LogP contribution in [-0.4, -0.2) is 55.3 Å². The molecule has 0 aromatic heterocycles. The number of rotatable bonds is 5. The van der Waals surface area contributed by atoms with Crippen LogP contribution < -0.4 is 15.4 Å². The van der Waals surface area contributed by atoms with E-state index in [1.54, 1.807) is 25.3 Å². The largest absolute Gasteiger partial charge is 0.495 e. The second-order valence-electron chi connectivity index (χ2n) is 7.59. The lowest BCUT2D eigenvalue weighted by Gasteiger charge is -2.32. The Morgan fingerprint density at radius 1 is 1.26 bits per heavy atom. The van der Waals surface area contributed by atoms with E-state index in [1.165, 1.54) is 0 Å². The van der Waals surface area contributed by atoms with E-state index in [0.717, 1.165) is 25.9 Å². The molecule has 8 heteroatoms. The number of hydrogen-bond donors (Lipinski definition) is 2. The number of nitrogens with zero attached hydrogens (tertiary/aromatic N) is 1. The molecule has 27 heavy (non-hydrogen) atoms. The molecular formula is C19H28ClN3O4. The second kappa shape index (κ2) is 9.28. The van der Waals surface area contributed by atoms with Gasteiger partial charge in [-0.2, -0.15) is 0 Å². The number of nitrogens with one attached hydrogen (secondary N) is 2. The summed E-state index contributed by atoms with van der Waals surface area (Å²) >= 11 is 6.07. The Kier molecular flexibility index (Phi) is 7.33. The van der Waals surface area contributed by atoms with Gasteiger partial charge < -0.3 is 20.1 Å². The first-order chi connectivity index (χ1) is 12.7. The van der Waals surface area contributed by atoms with E-state index in [2.05, 4.69) is 15.5 Å². The third-order valence-corrected chi connectivity index (χ3v) is 4.41. The molecule has 150 valence electrons. The molecule has 1 heterocycles. The summed E-state index contributed by atoms with van der Waals surface area (Å²) < 4.78 is 10.4. The lowest BCUT2D eigenvalue weighted by atomic mass is 10.1. The zero-order chi connectivity index (χ0) is 20.0. The van der Waals surface area contributed by atoms with Gasteiger partial charge in [-0.05, 0) is 51.8 Å². The zero-order valence-corrected chi connectivity index (χ0v) is 17.1. The van der Waals surface area contributed by atoms with Crippen LogP contribution in [0.25, 0.3) is 0 Å². The van der Waals surface area contributed by atoms with Crippen LogP contribution in [0.5, 0.6) is 5.75 Å². The molecule has 0 bridgehead atoms. The average Bonchev–Trinajstić information content (AvgIpc) is 2.55. The number of carbonyl (C=O) groups excluding carboxylic acids is 2. The fourth-order valence-electron chi connectivity index (χ4n) is 2.86. The monoisotopic (exact) mass is 397 g/mol. The molecule has 1 saturated heterocycles. The van der Waals surface area contributed by atoms with Gasteiger partial charge in [-0.3, -0.25) is 9.69 Å². The minimum Gasteiger partial charge on any atom is -0.495 e. The average molecular weight is 398 g/mol. The van der Waals surface area contributed by atoms with Gasteiger partial charge in [0.15, 0.2) is 0 Å². The molecule has 1 aromatic carbocycles. The molecule has 2 rings (SSSR count). The lowest BCUT2D eigenvalue weighted by molar-refractivity contribution is -0.117. The van der Waals surface area contributed by atoms with E-state index in [4.69, 9.17) is 21.1 Å². The standard InChI is InChI=1S/C19H28ClN3O4/c1-19(2,3)27-18(25)22-13-7-9-23(10-8-13)12-17(24)21-14-5-6-16(26-4)15(20)11-14/h5-6,11,13H,7-10,12H2,1-4H3,(H,21,24)(H,22,25). The number of carbonyl (C=O) groups is 2. The summed E-state index contributed by atoms with van der Waals surface area (Å²) in [4.78, 5) is 26.1. The predicted molar refractivity (Wildman–Crippen MR) is 105 cm³/mol. The number of halogens is 1. The molecule has 0 unspecified atom stereocenters. The minimum absolute atomic E-state index is 0.0690. The fraction of sp³-hybridized carbons (Fsp3) is 0.579.